The van der Waals surface area contributed by atoms with Crippen LogP contribution in [-0.4, -0.2) is 48.9 Å². The second kappa shape index (κ2) is 10.9. The number of hydrogen-bond acceptors (Lipinski definition) is 6. The highest BCUT2D eigenvalue weighted by Gasteiger charge is 2.24. The van der Waals surface area contributed by atoms with E-state index in [2.05, 4.69) is 4.98 Å². The van der Waals surface area contributed by atoms with Gasteiger partial charge in [-0.1, -0.05) is 27.7 Å². The molecule has 0 saturated heterocycles. The maximum Gasteiger partial charge on any atom is 0.330 e. The maximum atomic E-state index is 12.7. The first-order valence-corrected chi connectivity index (χ1v) is 9.18. The fourth-order valence-corrected chi connectivity index (χ4v) is 2.54. The number of carbonyl (C=O) groups is 1. The lowest BCUT2D eigenvalue weighted by molar-refractivity contribution is -0.119. The number of H-pyrrole nitrogens is 1. The topological polar surface area (TPSA) is 120 Å². The van der Waals surface area contributed by atoms with Crippen molar-refractivity contribution in [1.29, 1.82) is 0 Å². The van der Waals surface area contributed by atoms with E-state index in [9.17, 15) is 14.4 Å². The van der Waals surface area contributed by atoms with Gasteiger partial charge < -0.3 is 20.1 Å². The minimum absolute atomic E-state index is 0.0231. The maximum absolute atomic E-state index is 12.7. The van der Waals surface area contributed by atoms with Gasteiger partial charge in [-0.3, -0.25) is 19.1 Å². The number of rotatable bonds is 11. The van der Waals surface area contributed by atoms with E-state index >= 15 is 0 Å². The normalized spacial score (nSPS) is 11.4. The van der Waals surface area contributed by atoms with Crippen molar-refractivity contribution in [3.05, 3.63) is 20.8 Å². The number of methoxy groups -OCH3 is 1. The lowest BCUT2D eigenvalue weighted by atomic mass is 10.2. The predicted octanol–water partition coefficient (Wildman–Crippen LogP) is 0.817. The summed E-state index contributed by atoms with van der Waals surface area (Å²) < 4.78 is 11.8. The summed E-state index contributed by atoms with van der Waals surface area (Å²) in [4.78, 5) is 40.8. The molecule has 0 aliphatic heterocycles. The number of anilines is 2. The summed E-state index contributed by atoms with van der Waals surface area (Å²) in [5.41, 5.74) is 4.81. The average molecular weight is 384 g/mol. The molecule has 0 fully saturated rings. The molecule has 1 heterocycles. The minimum Gasteiger partial charge on any atom is -0.383 e. The quantitative estimate of drug-likeness (QED) is 0.545. The number of amides is 1. The van der Waals surface area contributed by atoms with E-state index < -0.39 is 11.2 Å². The van der Waals surface area contributed by atoms with Gasteiger partial charge in [0.05, 0.1) is 19.6 Å². The molecule has 0 aliphatic carbocycles. The Hall–Kier alpha value is -2.13. The van der Waals surface area contributed by atoms with Crippen LogP contribution in [0.1, 0.15) is 34.1 Å². The average Bonchev–Trinajstić information content (AvgIpc) is 2.57. The molecular formula is C18H32N4O5. The number of nitrogens with zero attached hydrogens (tertiary/aromatic N) is 2. The van der Waals surface area contributed by atoms with Crippen molar-refractivity contribution in [2.75, 3.05) is 44.1 Å². The first kappa shape index (κ1) is 22.9. The molecule has 0 unspecified atom stereocenters. The first-order valence-electron chi connectivity index (χ1n) is 9.18. The highest BCUT2D eigenvalue weighted by molar-refractivity contribution is 5.95. The van der Waals surface area contributed by atoms with E-state index in [0.29, 0.717) is 19.1 Å². The third-order valence-electron chi connectivity index (χ3n) is 3.76. The van der Waals surface area contributed by atoms with Crippen molar-refractivity contribution >= 4 is 17.4 Å². The Labute approximate surface area is 159 Å². The number of carbonyl (C=O) groups excluding carboxylic acids is 1. The second-order valence-electron chi connectivity index (χ2n) is 7.25. The van der Waals surface area contributed by atoms with Gasteiger partial charge >= 0.3 is 5.69 Å². The SMILES string of the molecule is COCCN(C(=O)CCOCC(C)C)c1c(N)n(CC(C)C)c(=O)[nH]c1=O. The van der Waals surface area contributed by atoms with Gasteiger partial charge in [0.15, 0.2) is 5.69 Å². The van der Waals surface area contributed by atoms with E-state index in [0.717, 1.165) is 0 Å². The Kier molecular flexibility index (Phi) is 9.23. The zero-order chi connectivity index (χ0) is 20.6. The monoisotopic (exact) mass is 384 g/mol. The summed E-state index contributed by atoms with van der Waals surface area (Å²) in [5.74, 6) is 0.159. The molecule has 9 heteroatoms. The van der Waals surface area contributed by atoms with E-state index in [1.165, 1.54) is 16.6 Å². The van der Waals surface area contributed by atoms with Gasteiger partial charge in [-0.05, 0) is 11.8 Å². The molecule has 3 N–H and O–H groups in total. The van der Waals surface area contributed by atoms with Crippen LogP contribution in [0, 0.1) is 11.8 Å². The predicted molar refractivity (Wildman–Crippen MR) is 105 cm³/mol. The molecule has 9 nitrogen and oxygen atoms in total. The molecule has 0 aliphatic rings. The number of aromatic nitrogens is 2. The van der Waals surface area contributed by atoms with Crippen LogP contribution in [0.2, 0.25) is 0 Å². The first-order chi connectivity index (χ1) is 12.7. The fourth-order valence-electron chi connectivity index (χ4n) is 2.54. The Morgan fingerprint density at radius 1 is 1.19 bits per heavy atom. The van der Waals surface area contributed by atoms with Gasteiger partial charge in [0, 0.05) is 26.8 Å². The van der Waals surface area contributed by atoms with Crippen LogP contribution in [0.4, 0.5) is 11.5 Å². The van der Waals surface area contributed by atoms with E-state index in [1.807, 2.05) is 27.7 Å². The molecule has 1 rings (SSSR count). The van der Waals surface area contributed by atoms with Gasteiger partial charge in [-0.25, -0.2) is 4.79 Å². The number of aromatic amines is 1. The fraction of sp³-hybridized carbons (Fsp3) is 0.722. The molecular weight excluding hydrogens is 352 g/mol. The molecule has 0 spiro atoms. The summed E-state index contributed by atoms with van der Waals surface area (Å²) in [7, 11) is 1.50. The zero-order valence-corrected chi connectivity index (χ0v) is 16.9. The van der Waals surface area contributed by atoms with Crippen LogP contribution < -0.4 is 21.9 Å². The van der Waals surface area contributed by atoms with Crippen molar-refractivity contribution in [3.8, 4) is 0 Å². The molecule has 27 heavy (non-hydrogen) atoms. The van der Waals surface area contributed by atoms with Crippen LogP contribution >= 0.6 is 0 Å². The molecule has 1 aromatic rings. The van der Waals surface area contributed by atoms with Crippen molar-refractivity contribution in [1.82, 2.24) is 9.55 Å². The number of ether oxygens (including phenoxy) is 2. The second-order valence-corrected chi connectivity index (χ2v) is 7.25. The van der Waals surface area contributed by atoms with E-state index in [4.69, 9.17) is 15.2 Å². The van der Waals surface area contributed by atoms with Crippen LogP contribution in [0.3, 0.4) is 0 Å². The van der Waals surface area contributed by atoms with Crippen molar-refractivity contribution in [2.45, 2.75) is 40.7 Å². The van der Waals surface area contributed by atoms with Crippen LogP contribution in [0.25, 0.3) is 0 Å². The Bertz CT molecular complexity index is 723. The molecule has 0 aromatic carbocycles. The van der Waals surface area contributed by atoms with Gasteiger partial charge in [-0.2, -0.15) is 0 Å². The Balaban J connectivity index is 3.17. The summed E-state index contributed by atoms with van der Waals surface area (Å²) in [6.07, 6.45) is 0.0959. The molecule has 0 atom stereocenters. The summed E-state index contributed by atoms with van der Waals surface area (Å²) in [5, 5.41) is 0. The highest BCUT2D eigenvalue weighted by Crippen LogP contribution is 2.18. The van der Waals surface area contributed by atoms with Crippen LogP contribution in [0.5, 0.6) is 0 Å². The lowest BCUT2D eigenvalue weighted by Gasteiger charge is -2.24. The molecule has 0 bridgehead atoms. The lowest BCUT2D eigenvalue weighted by Crippen LogP contribution is -2.43. The number of nitrogens with two attached hydrogens (primary N) is 1. The number of nitrogens with one attached hydrogen (secondary N) is 1. The smallest absolute Gasteiger partial charge is 0.330 e. The standard InChI is InChI=1S/C18H32N4O5/c1-12(2)10-22-16(19)15(17(24)20-18(22)25)21(7-9-26-5)14(23)6-8-27-11-13(3)4/h12-13H,6-11,19H2,1-5H3,(H,20,24,25). The van der Waals surface area contributed by atoms with Crippen molar-refractivity contribution in [2.24, 2.45) is 11.8 Å². The number of nitrogen functional groups attached to an aromatic ring is 1. The van der Waals surface area contributed by atoms with Gasteiger partial charge in [0.2, 0.25) is 5.91 Å². The summed E-state index contributed by atoms with van der Waals surface area (Å²) >= 11 is 0. The van der Waals surface area contributed by atoms with Crippen molar-refractivity contribution in [3.63, 3.8) is 0 Å². The molecule has 154 valence electrons. The highest BCUT2D eigenvalue weighted by atomic mass is 16.5. The molecule has 0 radical (unpaired) electrons. The Morgan fingerprint density at radius 2 is 1.85 bits per heavy atom. The minimum atomic E-state index is -0.690. The Morgan fingerprint density at radius 3 is 2.41 bits per heavy atom. The summed E-state index contributed by atoms with van der Waals surface area (Å²) in [6.45, 7) is 9.38. The third kappa shape index (κ3) is 6.84. The number of hydrogen-bond donors (Lipinski definition) is 2. The van der Waals surface area contributed by atoms with E-state index in [1.54, 1.807) is 0 Å². The van der Waals surface area contributed by atoms with Crippen LogP contribution in [-0.2, 0) is 20.8 Å². The van der Waals surface area contributed by atoms with Gasteiger partial charge in [-0.15, -0.1) is 0 Å². The van der Waals surface area contributed by atoms with E-state index in [-0.39, 0.29) is 49.5 Å². The molecule has 1 amide bonds. The molecule has 0 saturated carbocycles. The molecule has 1 aromatic heterocycles. The van der Waals surface area contributed by atoms with Crippen LogP contribution in [0.15, 0.2) is 9.59 Å². The van der Waals surface area contributed by atoms with Gasteiger partial charge in [0.25, 0.3) is 5.56 Å². The summed E-state index contributed by atoms with van der Waals surface area (Å²) in [6, 6.07) is 0. The largest absolute Gasteiger partial charge is 0.383 e. The third-order valence-corrected chi connectivity index (χ3v) is 3.76. The van der Waals surface area contributed by atoms with Crippen molar-refractivity contribution < 1.29 is 14.3 Å². The van der Waals surface area contributed by atoms with Gasteiger partial charge in [0.1, 0.15) is 5.82 Å². The zero-order valence-electron chi connectivity index (χ0n) is 16.9.